The fraction of sp³-hybridized carbons (Fsp3) is 0.909. The van der Waals surface area contributed by atoms with E-state index in [4.69, 9.17) is 5.73 Å². The van der Waals surface area contributed by atoms with E-state index >= 15 is 0 Å². The van der Waals surface area contributed by atoms with Crippen molar-refractivity contribution in [2.75, 3.05) is 18.1 Å². The van der Waals surface area contributed by atoms with E-state index in [1.54, 1.807) is 0 Å². The van der Waals surface area contributed by atoms with E-state index in [0.717, 1.165) is 19.3 Å². The molecule has 0 spiro atoms. The Kier molecular flexibility index (Phi) is 5.91. The number of amides is 1. The van der Waals surface area contributed by atoms with Gasteiger partial charge in [-0.2, -0.15) is 0 Å². The Balaban J connectivity index is 2.15. The number of nitrogens with one attached hydrogen (secondary N) is 1. The molecule has 0 bridgehead atoms. The molecule has 100 valence electrons. The summed E-state index contributed by atoms with van der Waals surface area (Å²) in [7, 11) is -2.84. The van der Waals surface area contributed by atoms with Crippen LogP contribution >= 0.6 is 0 Å². The molecule has 1 rings (SSSR count). The van der Waals surface area contributed by atoms with Gasteiger partial charge in [0.2, 0.25) is 5.91 Å². The molecule has 0 atom stereocenters. The maximum absolute atomic E-state index is 11.5. The number of hydrogen-bond acceptors (Lipinski definition) is 4. The number of unbranched alkanes of at least 4 members (excludes halogenated alkanes) is 2. The smallest absolute Gasteiger partial charge is 0.220 e. The molecular weight excluding hydrogens is 240 g/mol. The van der Waals surface area contributed by atoms with Crippen LogP contribution in [0.2, 0.25) is 0 Å². The van der Waals surface area contributed by atoms with Gasteiger partial charge in [0.1, 0.15) is 9.84 Å². The lowest BCUT2D eigenvalue weighted by Crippen LogP contribution is -2.40. The zero-order valence-corrected chi connectivity index (χ0v) is 11.0. The molecule has 1 aliphatic heterocycles. The largest absolute Gasteiger partial charge is 0.353 e. The molecule has 1 fully saturated rings. The van der Waals surface area contributed by atoms with E-state index in [1.807, 2.05) is 0 Å². The summed E-state index contributed by atoms with van der Waals surface area (Å²) >= 11 is 0. The number of rotatable bonds is 6. The van der Waals surface area contributed by atoms with Gasteiger partial charge in [0, 0.05) is 12.5 Å². The Labute approximate surface area is 103 Å². The van der Waals surface area contributed by atoms with Gasteiger partial charge in [0.15, 0.2) is 0 Å². The summed E-state index contributed by atoms with van der Waals surface area (Å²) in [6, 6.07) is 0.0422. The van der Waals surface area contributed by atoms with Crippen LogP contribution in [0, 0.1) is 0 Å². The van der Waals surface area contributed by atoms with Gasteiger partial charge in [-0.05, 0) is 32.2 Å². The highest BCUT2D eigenvalue weighted by atomic mass is 32.2. The standard InChI is InChI=1S/C11H22N2O3S/c12-7-3-1-2-4-11(14)13-10-5-8-17(15,16)9-6-10/h10H,1-9,12H2,(H,13,14). The maximum atomic E-state index is 11.5. The first-order chi connectivity index (χ1) is 8.03. The van der Waals surface area contributed by atoms with E-state index in [-0.39, 0.29) is 23.5 Å². The summed E-state index contributed by atoms with van der Waals surface area (Å²) in [5, 5.41) is 2.90. The van der Waals surface area contributed by atoms with E-state index in [9.17, 15) is 13.2 Å². The molecule has 17 heavy (non-hydrogen) atoms. The predicted molar refractivity (Wildman–Crippen MR) is 67.3 cm³/mol. The Morgan fingerprint density at radius 1 is 1.18 bits per heavy atom. The van der Waals surface area contributed by atoms with Crippen LogP contribution in [-0.4, -0.2) is 38.4 Å². The highest BCUT2D eigenvalue weighted by Gasteiger charge is 2.24. The molecule has 5 nitrogen and oxygen atoms in total. The van der Waals surface area contributed by atoms with Crippen LogP contribution in [0.1, 0.15) is 38.5 Å². The van der Waals surface area contributed by atoms with Crippen LogP contribution in [0.4, 0.5) is 0 Å². The Bertz CT molecular complexity index is 327. The third-order valence-electron chi connectivity index (χ3n) is 3.03. The van der Waals surface area contributed by atoms with Crippen LogP contribution in [0.3, 0.4) is 0 Å². The summed E-state index contributed by atoms with van der Waals surface area (Å²) < 4.78 is 22.4. The number of carbonyl (C=O) groups excluding carboxylic acids is 1. The molecule has 0 aromatic heterocycles. The third-order valence-corrected chi connectivity index (χ3v) is 4.74. The van der Waals surface area contributed by atoms with Crippen molar-refractivity contribution in [3.05, 3.63) is 0 Å². The number of carbonyl (C=O) groups is 1. The molecule has 1 heterocycles. The highest BCUT2D eigenvalue weighted by Crippen LogP contribution is 2.12. The van der Waals surface area contributed by atoms with Crippen molar-refractivity contribution >= 4 is 15.7 Å². The molecule has 0 aliphatic carbocycles. The lowest BCUT2D eigenvalue weighted by molar-refractivity contribution is -0.122. The average Bonchev–Trinajstić information content (AvgIpc) is 2.28. The average molecular weight is 262 g/mol. The molecule has 1 saturated heterocycles. The summed E-state index contributed by atoms with van der Waals surface area (Å²) in [6.07, 6.45) is 4.41. The second-order valence-corrected chi connectivity index (χ2v) is 6.90. The predicted octanol–water partition coefficient (Wildman–Crippen LogP) is 0.199. The molecule has 6 heteroatoms. The quantitative estimate of drug-likeness (QED) is 0.669. The number of hydrogen-bond donors (Lipinski definition) is 2. The minimum absolute atomic E-state index is 0.0336. The monoisotopic (exact) mass is 262 g/mol. The maximum Gasteiger partial charge on any atom is 0.220 e. The Morgan fingerprint density at radius 2 is 1.82 bits per heavy atom. The van der Waals surface area contributed by atoms with Gasteiger partial charge < -0.3 is 11.1 Å². The van der Waals surface area contributed by atoms with Crippen molar-refractivity contribution in [3.8, 4) is 0 Å². The minimum Gasteiger partial charge on any atom is -0.353 e. The minimum atomic E-state index is -2.84. The Morgan fingerprint density at radius 3 is 2.41 bits per heavy atom. The van der Waals surface area contributed by atoms with Gasteiger partial charge in [-0.15, -0.1) is 0 Å². The number of nitrogens with two attached hydrogens (primary N) is 1. The van der Waals surface area contributed by atoms with Crippen molar-refractivity contribution in [2.24, 2.45) is 5.73 Å². The van der Waals surface area contributed by atoms with Gasteiger partial charge in [-0.3, -0.25) is 4.79 Å². The zero-order chi connectivity index (χ0) is 12.7. The van der Waals surface area contributed by atoms with Gasteiger partial charge in [0.05, 0.1) is 11.5 Å². The van der Waals surface area contributed by atoms with Crippen molar-refractivity contribution < 1.29 is 13.2 Å². The summed E-state index contributed by atoms with van der Waals surface area (Å²) in [4.78, 5) is 11.5. The zero-order valence-electron chi connectivity index (χ0n) is 10.2. The van der Waals surface area contributed by atoms with Crippen LogP contribution in [0.5, 0.6) is 0 Å². The highest BCUT2D eigenvalue weighted by molar-refractivity contribution is 7.91. The van der Waals surface area contributed by atoms with Crippen LogP contribution < -0.4 is 11.1 Å². The molecule has 0 radical (unpaired) electrons. The van der Waals surface area contributed by atoms with Gasteiger partial charge in [-0.1, -0.05) is 6.42 Å². The fourth-order valence-electron chi connectivity index (χ4n) is 1.94. The summed E-state index contributed by atoms with van der Waals surface area (Å²) in [5.41, 5.74) is 5.36. The van der Waals surface area contributed by atoms with E-state index < -0.39 is 9.84 Å². The summed E-state index contributed by atoms with van der Waals surface area (Å²) in [6.45, 7) is 0.669. The van der Waals surface area contributed by atoms with Crippen molar-refractivity contribution in [1.82, 2.24) is 5.32 Å². The van der Waals surface area contributed by atoms with Crippen LogP contribution in [0.15, 0.2) is 0 Å². The second kappa shape index (κ2) is 6.96. The number of sulfone groups is 1. The SMILES string of the molecule is NCCCCCC(=O)NC1CCS(=O)(=O)CC1. The molecule has 3 N–H and O–H groups in total. The first-order valence-corrected chi connectivity index (χ1v) is 8.05. The lowest BCUT2D eigenvalue weighted by atomic mass is 10.1. The second-order valence-electron chi connectivity index (χ2n) is 4.59. The van der Waals surface area contributed by atoms with Crippen LogP contribution in [-0.2, 0) is 14.6 Å². The Hall–Kier alpha value is -0.620. The lowest BCUT2D eigenvalue weighted by Gasteiger charge is -2.23. The van der Waals surface area contributed by atoms with Gasteiger partial charge >= 0.3 is 0 Å². The third kappa shape index (κ3) is 6.02. The van der Waals surface area contributed by atoms with Crippen molar-refractivity contribution in [1.29, 1.82) is 0 Å². The van der Waals surface area contributed by atoms with Crippen molar-refractivity contribution in [2.45, 2.75) is 44.6 Å². The fourth-order valence-corrected chi connectivity index (χ4v) is 3.43. The molecule has 1 aliphatic rings. The molecule has 0 aromatic rings. The topological polar surface area (TPSA) is 89.3 Å². The van der Waals surface area contributed by atoms with Crippen molar-refractivity contribution in [3.63, 3.8) is 0 Å². The molecule has 0 saturated carbocycles. The molecule has 0 aromatic carbocycles. The van der Waals surface area contributed by atoms with E-state index in [2.05, 4.69) is 5.32 Å². The molecular formula is C11H22N2O3S. The first kappa shape index (κ1) is 14.4. The van der Waals surface area contributed by atoms with E-state index in [0.29, 0.717) is 25.8 Å². The normalized spacial score (nSPS) is 20.1. The van der Waals surface area contributed by atoms with Crippen LogP contribution in [0.25, 0.3) is 0 Å². The molecule has 1 amide bonds. The summed E-state index contributed by atoms with van der Waals surface area (Å²) in [5.74, 6) is 0.433. The van der Waals surface area contributed by atoms with Gasteiger partial charge in [0.25, 0.3) is 0 Å². The first-order valence-electron chi connectivity index (χ1n) is 6.23. The molecule has 0 unspecified atom stereocenters. The van der Waals surface area contributed by atoms with Gasteiger partial charge in [-0.25, -0.2) is 8.42 Å². The van der Waals surface area contributed by atoms with E-state index in [1.165, 1.54) is 0 Å².